The maximum atomic E-state index is 13.0. The summed E-state index contributed by atoms with van der Waals surface area (Å²) < 4.78 is 1.52. The molecule has 10 heteroatoms. The number of nitro benzene ring substituents is 1. The van der Waals surface area contributed by atoms with Gasteiger partial charge in [0.25, 0.3) is 11.6 Å². The summed E-state index contributed by atoms with van der Waals surface area (Å²) >= 11 is 1.61. The first-order valence-corrected chi connectivity index (χ1v) is 11.4. The van der Waals surface area contributed by atoms with Crippen molar-refractivity contribution in [1.29, 1.82) is 0 Å². The first-order chi connectivity index (χ1) is 17.0. The van der Waals surface area contributed by atoms with Crippen LogP contribution in [0, 0.1) is 10.1 Å². The number of anilines is 2. The molecule has 35 heavy (non-hydrogen) atoms. The highest BCUT2D eigenvalue weighted by atomic mass is 32.1. The SMILES string of the molecule is Nc1ccc(-c2cccs2)cc1NC(=O)c1cccc(-c2cn(-c3ccc([N+](=O)[O-])cc3)nn2)c1. The molecule has 2 heterocycles. The first kappa shape index (κ1) is 22.0. The molecule has 0 saturated heterocycles. The minimum absolute atomic E-state index is 0.00522. The number of hydrogen-bond donors (Lipinski definition) is 2. The van der Waals surface area contributed by atoms with Crippen LogP contribution in [0.1, 0.15) is 10.4 Å². The van der Waals surface area contributed by atoms with Gasteiger partial charge in [-0.2, -0.15) is 0 Å². The number of carbonyl (C=O) groups is 1. The third-order valence-corrected chi connectivity index (χ3v) is 6.27. The van der Waals surface area contributed by atoms with E-state index in [0.717, 1.165) is 10.4 Å². The van der Waals surface area contributed by atoms with E-state index < -0.39 is 4.92 Å². The molecule has 0 unspecified atom stereocenters. The van der Waals surface area contributed by atoms with E-state index >= 15 is 0 Å². The highest BCUT2D eigenvalue weighted by molar-refractivity contribution is 7.13. The molecule has 0 saturated carbocycles. The molecule has 0 aliphatic carbocycles. The number of nitrogens with zero attached hydrogens (tertiary/aromatic N) is 4. The zero-order chi connectivity index (χ0) is 24.4. The van der Waals surface area contributed by atoms with Crippen LogP contribution in [-0.4, -0.2) is 25.8 Å². The second-order valence-corrected chi connectivity index (χ2v) is 8.58. The van der Waals surface area contributed by atoms with Crippen molar-refractivity contribution in [3.63, 3.8) is 0 Å². The standard InChI is InChI=1S/C25H18N6O3S/c26-21-11-6-17(24-5-2-12-35-24)14-22(21)27-25(32)18-4-1-3-16(13-18)23-15-30(29-28-23)19-7-9-20(10-8-19)31(33)34/h1-15H,26H2,(H,27,32). The number of nitrogen functional groups attached to an aromatic ring is 1. The number of nitro groups is 1. The fourth-order valence-electron chi connectivity index (χ4n) is 3.52. The summed E-state index contributed by atoms with van der Waals surface area (Å²) in [5.74, 6) is -0.301. The van der Waals surface area contributed by atoms with Gasteiger partial charge >= 0.3 is 0 Å². The number of rotatable bonds is 6. The summed E-state index contributed by atoms with van der Waals surface area (Å²) in [6, 6.07) is 22.5. The molecule has 2 aromatic heterocycles. The van der Waals surface area contributed by atoms with Gasteiger partial charge in [-0.15, -0.1) is 16.4 Å². The van der Waals surface area contributed by atoms with Gasteiger partial charge in [0.15, 0.2) is 0 Å². The molecule has 5 rings (SSSR count). The van der Waals surface area contributed by atoms with Crippen LogP contribution in [0.5, 0.6) is 0 Å². The van der Waals surface area contributed by atoms with Crippen LogP contribution < -0.4 is 11.1 Å². The molecule has 9 nitrogen and oxygen atoms in total. The Labute approximate surface area is 203 Å². The van der Waals surface area contributed by atoms with Crippen LogP contribution >= 0.6 is 11.3 Å². The Hall–Kier alpha value is -4.83. The Bertz CT molecular complexity index is 1530. The smallest absolute Gasteiger partial charge is 0.269 e. The lowest BCUT2D eigenvalue weighted by Gasteiger charge is -2.10. The molecule has 0 atom stereocenters. The Kier molecular flexibility index (Phi) is 5.78. The van der Waals surface area contributed by atoms with Crippen LogP contribution in [-0.2, 0) is 0 Å². The zero-order valence-electron chi connectivity index (χ0n) is 18.2. The number of aromatic nitrogens is 3. The lowest BCUT2D eigenvalue weighted by atomic mass is 10.1. The number of nitrogens with two attached hydrogens (primary N) is 1. The Morgan fingerprint density at radius 2 is 1.83 bits per heavy atom. The highest BCUT2D eigenvalue weighted by Crippen LogP contribution is 2.30. The summed E-state index contributed by atoms with van der Waals surface area (Å²) in [4.78, 5) is 24.5. The third-order valence-electron chi connectivity index (χ3n) is 5.35. The van der Waals surface area contributed by atoms with Gasteiger partial charge in [-0.1, -0.05) is 29.5 Å². The highest BCUT2D eigenvalue weighted by Gasteiger charge is 2.13. The van der Waals surface area contributed by atoms with Crippen molar-refractivity contribution in [2.24, 2.45) is 0 Å². The minimum Gasteiger partial charge on any atom is -0.397 e. The summed E-state index contributed by atoms with van der Waals surface area (Å²) in [6.07, 6.45) is 1.70. The Balaban J connectivity index is 1.37. The molecule has 1 amide bonds. The van der Waals surface area contributed by atoms with Crippen molar-refractivity contribution in [3.8, 4) is 27.4 Å². The zero-order valence-corrected chi connectivity index (χ0v) is 19.0. The molecule has 3 N–H and O–H groups in total. The minimum atomic E-state index is -0.459. The van der Waals surface area contributed by atoms with E-state index in [0.29, 0.717) is 33.9 Å². The van der Waals surface area contributed by atoms with Gasteiger partial charge in [-0.3, -0.25) is 14.9 Å². The Morgan fingerprint density at radius 1 is 1.00 bits per heavy atom. The van der Waals surface area contributed by atoms with E-state index in [1.807, 2.05) is 35.7 Å². The first-order valence-electron chi connectivity index (χ1n) is 10.5. The van der Waals surface area contributed by atoms with E-state index in [1.165, 1.54) is 16.8 Å². The second kappa shape index (κ2) is 9.20. The second-order valence-electron chi connectivity index (χ2n) is 7.64. The molecule has 3 aromatic carbocycles. The van der Waals surface area contributed by atoms with Gasteiger partial charge in [-0.25, -0.2) is 4.68 Å². The van der Waals surface area contributed by atoms with Gasteiger partial charge in [0.05, 0.1) is 28.2 Å². The van der Waals surface area contributed by atoms with Gasteiger partial charge < -0.3 is 11.1 Å². The average molecular weight is 483 g/mol. The van der Waals surface area contributed by atoms with Crippen molar-refractivity contribution in [3.05, 3.63) is 106 Å². The van der Waals surface area contributed by atoms with Crippen molar-refractivity contribution in [2.45, 2.75) is 0 Å². The van der Waals surface area contributed by atoms with E-state index in [4.69, 9.17) is 5.73 Å². The van der Waals surface area contributed by atoms with Gasteiger partial charge in [0, 0.05) is 28.1 Å². The molecule has 0 aliphatic heterocycles. The summed E-state index contributed by atoms with van der Waals surface area (Å²) in [7, 11) is 0. The quantitative estimate of drug-likeness (QED) is 0.189. The van der Waals surface area contributed by atoms with Crippen LogP contribution in [0.4, 0.5) is 17.1 Å². The predicted octanol–water partition coefficient (Wildman–Crippen LogP) is 5.41. The van der Waals surface area contributed by atoms with E-state index in [9.17, 15) is 14.9 Å². The molecule has 0 fully saturated rings. The third kappa shape index (κ3) is 4.63. The van der Waals surface area contributed by atoms with E-state index in [2.05, 4.69) is 15.6 Å². The van der Waals surface area contributed by atoms with E-state index in [-0.39, 0.29) is 11.6 Å². The van der Waals surface area contributed by atoms with Crippen LogP contribution in [0.15, 0.2) is 90.4 Å². The van der Waals surface area contributed by atoms with Crippen LogP contribution in [0.25, 0.3) is 27.4 Å². The number of hydrogen-bond acceptors (Lipinski definition) is 7. The maximum Gasteiger partial charge on any atom is 0.269 e. The van der Waals surface area contributed by atoms with Crippen molar-refractivity contribution in [1.82, 2.24) is 15.0 Å². The molecule has 0 radical (unpaired) electrons. The number of non-ortho nitro benzene ring substituents is 1. The number of nitrogens with one attached hydrogen (secondary N) is 1. The number of carbonyl (C=O) groups excluding carboxylic acids is 1. The molecule has 0 aliphatic rings. The van der Waals surface area contributed by atoms with Crippen LogP contribution in [0.3, 0.4) is 0 Å². The number of thiophene rings is 1. The van der Waals surface area contributed by atoms with Crippen molar-refractivity contribution >= 4 is 34.3 Å². The fraction of sp³-hybridized carbons (Fsp3) is 0. The van der Waals surface area contributed by atoms with Gasteiger partial charge in [-0.05, 0) is 53.4 Å². The molecular formula is C25H18N6O3S. The average Bonchev–Trinajstić information content (AvgIpc) is 3.58. The van der Waals surface area contributed by atoms with Crippen molar-refractivity contribution < 1.29 is 9.72 Å². The van der Waals surface area contributed by atoms with Crippen LogP contribution in [0.2, 0.25) is 0 Å². The lowest BCUT2D eigenvalue weighted by Crippen LogP contribution is -2.13. The topological polar surface area (TPSA) is 129 Å². The lowest BCUT2D eigenvalue weighted by molar-refractivity contribution is -0.384. The largest absolute Gasteiger partial charge is 0.397 e. The van der Waals surface area contributed by atoms with Gasteiger partial charge in [0.1, 0.15) is 5.69 Å². The molecule has 0 spiro atoms. The maximum absolute atomic E-state index is 13.0. The molecule has 5 aromatic rings. The molecule has 0 bridgehead atoms. The van der Waals surface area contributed by atoms with Crippen molar-refractivity contribution in [2.75, 3.05) is 11.1 Å². The summed E-state index contributed by atoms with van der Waals surface area (Å²) in [6.45, 7) is 0. The monoisotopic (exact) mass is 482 g/mol. The predicted molar refractivity (Wildman–Crippen MR) is 136 cm³/mol. The fourth-order valence-corrected chi connectivity index (χ4v) is 4.25. The van der Waals surface area contributed by atoms with E-state index in [1.54, 1.807) is 53.9 Å². The summed E-state index contributed by atoms with van der Waals surface area (Å²) in [5.41, 5.74) is 10.4. The molecular weight excluding hydrogens is 464 g/mol. The Morgan fingerprint density at radius 3 is 2.57 bits per heavy atom. The number of benzene rings is 3. The van der Waals surface area contributed by atoms with Gasteiger partial charge in [0.2, 0.25) is 0 Å². The molecule has 172 valence electrons. The number of amides is 1. The summed E-state index contributed by atoms with van der Waals surface area (Å²) in [5, 5.41) is 24.0. The normalized spacial score (nSPS) is 10.7.